The summed E-state index contributed by atoms with van der Waals surface area (Å²) in [6, 6.07) is 24.4. The molecule has 4 rings (SSSR count). The molecule has 0 saturated carbocycles. The number of nitrogens with zero attached hydrogens (tertiary/aromatic N) is 2. The maximum absolute atomic E-state index is 6.50. The first-order valence-corrected chi connectivity index (χ1v) is 9.06. The van der Waals surface area contributed by atoms with Gasteiger partial charge >= 0.3 is 0 Å². The monoisotopic (exact) mass is 378 g/mol. The highest BCUT2D eigenvalue weighted by Gasteiger charge is 2.19. The van der Waals surface area contributed by atoms with Gasteiger partial charge in [0.25, 0.3) is 0 Å². The van der Waals surface area contributed by atoms with Crippen molar-refractivity contribution in [3.63, 3.8) is 0 Å². The van der Waals surface area contributed by atoms with E-state index in [0.29, 0.717) is 10.0 Å². The quantitative estimate of drug-likeness (QED) is 0.396. The van der Waals surface area contributed by atoms with E-state index in [1.54, 1.807) is 18.6 Å². The Kier molecular flexibility index (Phi) is 4.79. The number of imidazole rings is 1. The summed E-state index contributed by atoms with van der Waals surface area (Å²) in [6.07, 6.45) is 5.52. The summed E-state index contributed by atoms with van der Waals surface area (Å²) in [5.74, 6) is 0. The maximum Gasteiger partial charge on any atom is 0.0954 e. The predicted octanol–water partition coefficient (Wildman–Crippen LogP) is 6.49. The largest absolute Gasteiger partial charge is 0.326 e. The van der Waals surface area contributed by atoms with Crippen LogP contribution in [0.4, 0.5) is 0 Å². The van der Waals surface area contributed by atoms with Gasteiger partial charge in [0.2, 0.25) is 0 Å². The van der Waals surface area contributed by atoms with E-state index in [1.807, 2.05) is 41.1 Å². The van der Waals surface area contributed by atoms with Crippen LogP contribution in [-0.2, 0) is 0 Å². The molecule has 128 valence electrons. The minimum atomic E-state index is -0.0629. The lowest BCUT2D eigenvalue weighted by Crippen LogP contribution is -2.11. The van der Waals surface area contributed by atoms with Crippen LogP contribution in [0.1, 0.15) is 17.2 Å². The number of hydrogen-bond donors (Lipinski definition) is 0. The lowest BCUT2D eigenvalue weighted by molar-refractivity contribution is 0.677. The van der Waals surface area contributed by atoms with Gasteiger partial charge in [0.1, 0.15) is 0 Å². The molecule has 2 nitrogen and oxygen atoms in total. The Balaban J connectivity index is 1.78. The zero-order chi connectivity index (χ0) is 17.9. The Labute approximate surface area is 162 Å². The van der Waals surface area contributed by atoms with E-state index in [-0.39, 0.29) is 6.04 Å². The summed E-state index contributed by atoms with van der Waals surface area (Å²) in [5, 5.41) is 1.27. The van der Waals surface area contributed by atoms with Crippen LogP contribution in [0.3, 0.4) is 0 Å². The van der Waals surface area contributed by atoms with Crippen LogP contribution in [0.15, 0.2) is 91.5 Å². The lowest BCUT2D eigenvalue weighted by atomic mass is 9.96. The van der Waals surface area contributed by atoms with Crippen molar-refractivity contribution in [3.8, 4) is 11.1 Å². The smallest absolute Gasteiger partial charge is 0.0954 e. The van der Waals surface area contributed by atoms with Crippen molar-refractivity contribution in [3.05, 3.63) is 113 Å². The molecule has 0 aliphatic heterocycles. The molecule has 1 atom stereocenters. The van der Waals surface area contributed by atoms with Crippen molar-refractivity contribution in [1.29, 1.82) is 0 Å². The zero-order valence-electron chi connectivity index (χ0n) is 13.9. The summed E-state index contributed by atoms with van der Waals surface area (Å²) >= 11 is 12.6. The van der Waals surface area contributed by atoms with Gasteiger partial charge in [0.15, 0.2) is 0 Å². The van der Waals surface area contributed by atoms with Crippen LogP contribution in [0, 0.1) is 0 Å². The minimum absolute atomic E-state index is 0.0629. The molecular weight excluding hydrogens is 363 g/mol. The van der Waals surface area contributed by atoms with Crippen LogP contribution in [0.5, 0.6) is 0 Å². The van der Waals surface area contributed by atoms with E-state index < -0.39 is 0 Å². The van der Waals surface area contributed by atoms with Gasteiger partial charge in [-0.1, -0.05) is 83.9 Å². The molecule has 0 fully saturated rings. The SMILES string of the molecule is Clc1ccc(C(c2ccc(-c3ccccc3)cc2)n2ccnc2)c(Cl)c1. The summed E-state index contributed by atoms with van der Waals surface area (Å²) in [7, 11) is 0. The van der Waals surface area contributed by atoms with Crippen molar-refractivity contribution < 1.29 is 0 Å². The van der Waals surface area contributed by atoms with Crippen molar-refractivity contribution in [1.82, 2.24) is 9.55 Å². The molecule has 26 heavy (non-hydrogen) atoms. The molecule has 0 saturated heterocycles. The van der Waals surface area contributed by atoms with E-state index in [0.717, 1.165) is 11.1 Å². The number of aromatic nitrogens is 2. The van der Waals surface area contributed by atoms with Crippen molar-refractivity contribution in [2.45, 2.75) is 6.04 Å². The van der Waals surface area contributed by atoms with E-state index >= 15 is 0 Å². The Bertz CT molecular complexity index is 994. The number of hydrogen-bond acceptors (Lipinski definition) is 1. The third kappa shape index (κ3) is 3.39. The van der Waals surface area contributed by atoms with Gasteiger partial charge in [0, 0.05) is 22.4 Å². The van der Waals surface area contributed by atoms with Crippen LogP contribution in [0.25, 0.3) is 11.1 Å². The van der Waals surface area contributed by atoms with Crippen LogP contribution >= 0.6 is 23.2 Å². The Morgan fingerprint density at radius 3 is 2.19 bits per heavy atom. The number of halogens is 2. The fourth-order valence-electron chi connectivity index (χ4n) is 3.15. The van der Waals surface area contributed by atoms with Gasteiger partial charge in [-0.25, -0.2) is 4.98 Å². The lowest BCUT2D eigenvalue weighted by Gasteiger charge is -2.21. The third-order valence-corrected chi connectivity index (χ3v) is 4.98. The molecule has 0 aliphatic rings. The van der Waals surface area contributed by atoms with E-state index in [2.05, 4.69) is 41.4 Å². The highest BCUT2D eigenvalue weighted by atomic mass is 35.5. The second-order valence-corrected chi connectivity index (χ2v) is 6.91. The number of rotatable bonds is 4. The molecule has 4 aromatic rings. The Morgan fingerprint density at radius 2 is 1.54 bits per heavy atom. The summed E-state index contributed by atoms with van der Waals surface area (Å²) in [5.41, 5.74) is 4.50. The normalized spacial score (nSPS) is 12.1. The molecule has 4 heteroatoms. The molecular formula is C22H16Cl2N2. The second-order valence-electron chi connectivity index (χ2n) is 6.07. The van der Waals surface area contributed by atoms with Crippen LogP contribution in [0.2, 0.25) is 10.0 Å². The van der Waals surface area contributed by atoms with Crippen molar-refractivity contribution in [2.75, 3.05) is 0 Å². The zero-order valence-corrected chi connectivity index (χ0v) is 15.4. The molecule has 0 bridgehead atoms. The molecule has 0 spiro atoms. The molecule has 1 aromatic heterocycles. The minimum Gasteiger partial charge on any atom is -0.326 e. The van der Waals surface area contributed by atoms with Crippen LogP contribution in [-0.4, -0.2) is 9.55 Å². The van der Waals surface area contributed by atoms with E-state index in [4.69, 9.17) is 23.2 Å². The van der Waals surface area contributed by atoms with E-state index in [9.17, 15) is 0 Å². The summed E-state index contributed by atoms with van der Waals surface area (Å²) in [4.78, 5) is 4.20. The van der Waals surface area contributed by atoms with Crippen molar-refractivity contribution >= 4 is 23.2 Å². The standard InChI is InChI=1S/C22H16Cl2N2/c23-19-10-11-20(21(24)14-19)22(26-13-12-25-15-26)18-8-6-17(7-9-18)16-4-2-1-3-5-16/h1-15,22H. The number of benzene rings is 3. The van der Waals surface area contributed by atoms with E-state index in [1.165, 1.54) is 11.1 Å². The highest BCUT2D eigenvalue weighted by Crippen LogP contribution is 2.34. The first kappa shape index (κ1) is 16.9. The Morgan fingerprint density at radius 1 is 0.808 bits per heavy atom. The fourth-order valence-corrected chi connectivity index (χ4v) is 3.66. The van der Waals surface area contributed by atoms with Crippen molar-refractivity contribution in [2.24, 2.45) is 0 Å². The molecule has 0 aliphatic carbocycles. The average molecular weight is 379 g/mol. The van der Waals surface area contributed by atoms with Gasteiger partial charge in [-0.3, -0.25) is 0 Å². The molecule has 1 heterocycles. The van der Waals surface area contributed by atoms with Crippen LogP contribution < -0.4 is 0 Å². The van der Waals surface area contributed by atoms with Gasteiger partial charge in [-0.15, -0.1) is 0 Å². The third-order valence-electron chi connectivity index (χ3n) is 4.41. The van der Waals surface area contributed by atoms with Gasteiger partial charge in [0.05, 0.1) is 12.4 Å². The molecule has 1 unspecified atom stereocenters. The molecule has 0 N–H and O–H groups in total. The first-order chi connectivity index (χ1) is 12.7. The highest BCUT2D eigenvalue weighted by molar-refractivity contribution is 6.35. The second kappa shape index (κ2) is 7.36. The van der Waals surface area contributed by atoms with Gasteiger partial charge < -0.3 is 4.57 Å². The van der Waals surface area contributed by atoms with Gasteiger partial charge in [-0.05, 0) is 34.4 Å². The Hall–Kier alpha value is -2.55. The van der Waals surface area contributed by atoms with Gasteiger partial charge in [-0.2, -0.15) is 0 Å². The molecule has 3 aromatic carbocycles. The fraction of sp³-hybridized carbons (Fsp3) is 0.0455. The summed E-state index contributed by atoms with van der Waals surface area (Å²) in [6.45, 7) is 0. The maximum atomic E-state index is 6.50. The molecule has 0 radical (unpaired) electrons. The molecule has 0 amide bonds. The average Bonchev–Trinajstić information content (AvgIpc) is 3.19. The summed E-state index contributed by atoms with van der Waals surface area (Å²) < 4.78 is 2.05. The predicted molar refractivity (Wildman–Crippen MR) is 108 cm³/mol. The first-order valence-electron chi connectivity index (χ1n) is 8.30. The topological polar surface area (TPSA) is 17.8 Å².